The van der Waals surface area contributed by atoms with Crippen molar-refractivity contribution in [1.82, 2.24) is 0 Å². The number of rotatable bonds is 2. The van der Waals surface area contributed by atoms with E-state index < -0.39 is 0 Å². The number of carbonyl (C=O) groups is 1. The van der Waals surface area contributed by atoms with Crippen LogP contribution in [0.15, 0.2) is 5.38 Å². The molecule has 2 rings (SSSR count). The number of anilines is 1. The maximum Gasteiger partial charge on any atom is 0.221 e. The molecular formula is C9H12N2O2S. The van der Waals surface area contributed by atoms with Gasteiger partial charge in [0.05, 0.1) is 18.0 Å². The molecule has 0 bridgehead atoms. The first-order chi connectivity index (χ1) is 6.68. The number of fused-ring (bicyclic) bond motifs is 1. The minimum absolute atomic E-state index is 0.293. The third-order valence-electron chi connectivity index (χ3n) is 2.20. The summed E-state index contributed by atoms with van der Waals surface area (Å²) < 4.78 is 5.37. The molecule has 1 aromatic rings. The average molecular weight is 212 g/mol. The van der Waals surface area contributed by atoms with Crippen LogP contribution in [-0.4, -0.2) is 19.7 Å². The maximum atomic E-state index is 10.8. The van der Waals surface area contributed by atoms with Crippen molar-refractivity contribution in [3.8, 4) is 0 Å². The highest BCUT2D eigenvalue weighted by Crippen LogP contribution is 2.34. The Hall–Kier alpha value is -1.07. The molecule has 0 unspecified atom stereocenters. The second-order valence-corrected chi connectivity index (χ2v) is 4.22. The summed E-state index contributed by atoms with van der Waals surface area (Å²) in [5.74, 6) is -0.293. The Morgan fingerprint density at radius 2 is 2.57 bits per heavy atom. The van der Waals surface area contributed by atoms with Gasteiger partial charge in [-0.2, -0.15) is 0 Å². The summed E-state index contributed by atoms with van der Waals surface area (Å²) in [6.07, 6.45) is 0.309. The van der Waals surface area contributed by atoms with Gasteiger partial charge in [0.15, 0.2) is 0 Å². The lowest BCUT2D eigenvalue weighted by atomic mass is 10.1. The molecule has 0 saturated carbocycles. The van der Waals surface area contributed by atoms with Crippen molar-refractivity contribution in [2.24, 2.45) is 5.73 Å². The quantitative estimate of drug-likeness (QED) is 0.785. The van der Waals surface area contributed by atoms with E-state index in [4.69, 9.17) is 10.5 Å². The van der Waals surface area contributed by atoms with Gasteiger partial charge in [-0.15, -0.1) is 11.3 Å². The molecule has 2 heterocycles. The lowest BCUT2D eigenvalue weighted by molar-refractivity contribution is -0.117. The van der Waals surface area contributed by atoms with Crippen molar-refractivity contribution in [2.45, 2.75) is 13.0 Å². The molecule has 0 aliphatic carbocycles. The van der Waals surface area contributed by atoms with Gasteiger partial charge in [-0.1, -0.05) is 0 Å². The smallest absolute Gasteiger partial charge is 0.221 e. The molecule has 0 saturated heterocycles. The fourth-order valence-corrected chi connectivity index (χ4v) is 2.61. The average Bonchev–Trinajstić information content (AvgIpc) is 2.49. The second kappa shape index (κ2) is 3.59. The molecule has 1 amide bonds. The van der Waals surface area contributed by atoms with E-state index in [0.717, 1.165) is 11.1 Å². The van der Waals surface area contributed by atoms with E-state index in [2.05, 4.69) is 0 Å². The van der Waals surface area contributed by atoms with Crippen LogP contribution < -0.4 is 10.6 Å². The van der Waals surface area contributed by atoms with E-state index in [1.807, 2.05) is 17.3 Å². The van der Waals surface area contributed by atoms with Crippen molar-refractivity contribution >= 4 is 22.2 Å². The van der Waals surface area contributed by atoms with Gasteiger partial charge in [-0.3, -0.25) is 4.79 Å². The third kappa shape index (κ3) is 1.60. The minimum Gasteiger partial charge on any atom is -0.369 e. The fraction of sp³-hybridized carbons (Fsp3) is 0.444. The van der Waals surface area contributed by atoms with Gasteiger partial charge < -0.3 is 15.4 Å². The highest BCUT2D eigenvalue weighted by Gasteiger charge is 2.20. The number of carbonyl (C=O) groups excluding carboxylic acids is 1. The summed E-state index contributed by atoms with van der Waals surface area (Å²) >= 11 is 1.64. The van der Waals surface area contributed by atoms with Crippen LogP contribution in [0.2, 0.25) is 0 Å². The molecule has 0 radical (unpaired) electrons. The van der Waals surface area contributed by atoms with Crippen LogP contribution in [0.4, 0.5) is 5.00 Å². The monoisotopic (exact) mass is 212 g/mol. The molecule has 2 N–H and O–H groups in total. The van der Waals surface area contributed by atoms with Gasteiger partial charge in [-0.05, 0) is 10.9 Å². The van der Waals surface area contributed by atoms with Gasteiger partial charge in [0, 0.05) is 12.6 Å². The van der Waals surface area contributed by atoms with E-state index in [-0.39, 0.29) is 5.91 Å². The first-order valence-corrected chi connectivity index (χ1v) is 5.23. The highest BCUT2D eigenvalue weighted by atomic mass is 32.1. The first-order valence-electron chi connectivity index (χ1n) is 4.35. The molecule has 0 spiro atoms. The van der Waals surface area contributed by atoms with Gasteiger partial charge in [0.1, 0.15) is 6.73 Å². The number of primary amides is 1. The number of nitrogens with zero attached hydrogens (tertiary/aromatic N) is 1. The zero-order valence-corrected chi connectivity index (χ0v) is 8.76. The maximum absolute atomic E-state index is 10.8. The second-order valence-electron chi connectivity index (χ2n) is 3.36. The zero-order valence-electron chi connectivity index (χ0n) is 7.95. The summed E-state index contributed by atoms with van der Waals surface area (Å²) in [6.45, 7) is 1.20. The SMILES string of the molecule is CN1COCc2c(CC(N)=O)csc21. The molecule has 14 heavy (non-hydrogen) atoms. The topological polar surface area (TPSA) is 55.6 Å². The molecule has 76 valence electrons. The van der Waals surface area contributed by atoms with Crippen LogP contribution in [0.3, 0.4) is 0 Å². The Labute approximate surface area is 86.3 Å². The van der Waals surface area contributed by atoms with E-state index >= 15 is 0 Å². The molecule has 5 heteroatoms. The van der Waals surface area contributed by atoms with Crippen LogP contribution in [0, 0.1) is 0 Å². The number of ether oxygens (including phenoxy) is 1. The van der Waals surface area contributed by atoms with Gasteiger partial charge in [0.25, 0.3) is 0 Å². The number of thiophene rings is 1. The summed E-state index contributed by atoms with van der Waals surface area (Å²) in [5, 5.41) is 3.17. The molecule has 0 aromatic carbocycles. The van der Waals surface area contributed by atoms with Crippen molar-refractivity contribution in [2.75, 3.05) is 18.7 Å². The number of nitrogens with two attached hydrogens (primary N) is 1. The predicted octanol–water partition coefficient (Wildman–Crippen LogP) is 0.700. The normalized spacial score (nSPS) is 15.4. The lowest BCUT2D eigenvalue weighted by Gasteiger charge is -2.24. The lowest BCUT2D eigenvalue weighted by Crippen LogP contribution is -2.26. The number of hydrogen-bond acceptors (Lipinski definition) is 4. The van der Waals surface area contributed by atoms with Gasteiger partial charge in [-0.25, -0.2) is 0 Å². The molecule has 4 nitrogen and oxygen atoms in total. The van der Waals surface area contributed by atoms with Crippen molar-refractivity contribution in [3.63, 3.8) is 0 Å². The Morgan fingerprint density at radius 1 is 1.79 bits per heavy atom. The Bertz CT molecular complexity index is 362. The van der Waals surface area contributed by atoms with Crippen molar-refractivity contribution in [1.29, 1.82) is 0 Å². The van der Waals surface area contributed by atoms with Crippen LogP contribution in [-0.2, 0) is 22.6 Å². The Balaban J connectivity index is 2.31. The summed E-state index contributed by atoms with van der Waals surface area (Å²) in [5.41, 5.74) is 7.28. The number of amides is 1. The molecule has 0 atom stereocenters. The molecule has 1 aliphatic heterocycles. The van der Waals surface area contributed by atoms with Crippen molar-refractivity contribution < 1.29 is 9.53 Å². The van der Waals surface area contributed by atoms with Crippen LogP contribution in [0.1, 0.15) is 11.1 Å². The van der Waals surface area contributed by atoms with E-state index in [1.54, 1.807) is 11.3 Å². The van der Waals surface area contributed by atoms with Crippen LogP contribution >= 0.6 is 11.3 Å². The van der Waals surface area contributed by atoms with Gasteiger partial charge >= 0.3 is 0 Å². The minimum atomic E-state index is -0.293. The van der Waals surface area contributed by atoms with Crippen molar-refractivity contribution in [3.05, 3.63) is 16.5 Å². The molecule has 0 fully saturated rings. The summed E-state index contributed by atoms with van der Waals surface area (Å²) in [4.78, 5) is 12.8. The highest BCUT2D eigenvalue weighted by molar-refractivity contribution is 7.14. The fourth-order valence-electron chi connectivity index (χ4n) is 1.56. The standard InChI is InChI=1S/C9H12N2O2S/c1-11-5-13-3-7-6(2-8(10)12)4-14-9(7)11/h4H,2-3,5H2,1H3,(H2,10,12). The Morgan fingerprint density at radius 3 is 3.29 bits per heavy atom. The van der Waals surface area contributed by atoms with Crippen LogP contribution in [0.5, 0.6) is 0 Å². The molecule has 1 aromatic heterocycles. The molecule has 1 aliphatic rings. The van der Waals surface area contributed by atoms with Gasteiger partial charge in [0.2, 0.25) is 5.91 Å². The van der Waals surface area contributed by atoms with Crippen LogP contribution in [0.25, 0.3) is 0 Å². The third-order valence-corrected chi connectivity index (χ3v) is 3.39. The molecular weight excluding hydrogens is 200 g/mol. The van der Waals surface area contributed by atoms with E-state index in [0.29, 0.717) is 19.8 Å². The predicted molar refractivity (Wildman–Crippen MR) is 55.3 cm³/mol. The summed E-state index contributed by atoms with van der Waals surface area (Å²) in [6, 6.07) is 0. The van der Waals surface area contributed by atoms with E-state index in [1.165, 1.54) is 5.00 Å². The summed E-state index contributed by atoms with van der Waals surface area (Å²) in [7, 11) is 1.97. The number of hydrogen-bond donors (Lipinski definition) is 1. The largest absolute Gasteiger partial charge is 0.369 e. The van der Waals surface area contributed by atoms with E-state index in [9.17, 15) is 4.79 Å². The zero-order chi connectivity index (χ0) is 10.1. The first kappa shape index (κ1) is 9.48. The Kier molecular flexibility index (Phi) is 2.43.